The fourth-order valence-electron chi connectivity index (χ4n) is 1.41. The monoisotopic (exact) mass is 482 g/mol. The van der Waals surface area contributed by atoms with Gasteiger partial charge in [-0.2, -0.15) is 0 Å². The number of esters is 2. The van der Waals surface area contributed by atoms with Crippen molar-refractivity contribution in [2.24, 2.45) is 5.92 Å². The lowest BCUT2D eigenvalue weighted by Crippen LogP contribution is -2.14. The van der Waals surface area contributed by atoms with Gasteiger partial charge in [0.2, 0.25) is 0 Å². The highest BCUT2D eigenvalue weighted by molar-refractivity contribution is 14.1. The van der Waals surface area contributed by atoms with Gasteiger partial charge >= 0.3 is 11.9 Å². The first-order valence-electron chi connectivity index (χ1n) is 6.07. The second kappa shape index (κ2) is 12.4. The van der Waals surface area contributed by atoms with Crippen molar-refractivity contribution in [2.75, 3.05) is 22.1 Å². The fraction of sp³-hybridized carbons (Fsp3) is 0.833. The Labute approximate surface area is 136 Å². The van der Waals surface area contributed by atoms with Gasteiger partial charge in [0.05, 0.1) is 22.1 Å². The van der Waals surface area contributed by atoms with E-state index in [2.05, 4.69) is 6.92 Å². The highest BCUT2D eigenvalue weighted by Gasteiger charge is 2.09. The van der Waals surface area contributed by atoms with Crippen molar-refractivity contribution in [1.82, 2.24) is 0 Å². The molecule has 0 aromatic carbocycles. The molecule has 0 amide bonds. The quantitative estimate of drug-likeness (QED) is 0.208. The molecule has 0 heterocycles. The van der Waals surface area contributed by atoms with Gasteiger partial charge in [0.15, 0.2) is 0 Å². The third-order valence-corrected chi connectivity index (χ3v) is 3.79. The number of ether oxygens (including phenoxy) is 2. The molecule has 0 aromatic rings. The van der Waals surface area contributed by atoms with Crippen molar-refractivity contribution in [1.29, 1.82) is 0 Å². The predicted octanol–water partition coefficient (Wildman–Crippen LogP) is 3.14. The molecule has 0 spiro atoms. The molecule has 1 unspecified atom stereocenters. The predicted molar refractivity (Wildman–Crippen MR) is 87.3 cm³/mol. The number of unbranched alkanes of at least 4 members (excludes halogenated alkanes) is 1. The molecular weight excluding hydrogens is 462 g/mol. The number of hydrogen-bond acceptors (Lipinski definition) is 4. The van der Waals surface area contributed by atoms with Crippen molar-refractivity contribution in [3.05, 3.63) is 0 Å². The van der Waals surface area contributed by atoms with Gasteiger partial charge in [0, 0.05) is 0 Å². The van der Waals surface area contributed by atoms with Crippen LogP contribution in [0.15, 0.2) is 0 Å². The molecule has 0 aromatic heterocycles. The van der Waals surface area contributed by atoms with E-state index in [1.165, 1.54) is 0 Å². The van der Waals surface area contributed by atoms with Crippen molar-refractivity contribution < 1.29 is 19.1 Å². The van der Waals surface area contributed by atoms with Gasteiger partial charge in [0.1, 0.15) is 0 Å². The van der Waals surface area contributed by atoms with Crippen molar-refractivity contribution in [2.45, 2.75) is 32.6 Å². The number of hydrogen-bond donors (Lipinski definition) is 0. The molecule has 106 valence electrons. The SMILES string of the molecule is CCC(CCCCOC(=O)CI)COC(=O)CI. The lowest BCUT2D eigenvalue weighted by atomic mass is 10.0. The molecule has 0 aliphatic rings. The first-order valence-corrected chi connectivity index (χ1v) is 9.12. The van der Waals surface area contributed by atoms with E-state index in [9.17, 15) is 9.59 Å². The molecule has 0 saturated carbocycles. The summed E-state index contributed by atoms with van der Waals surface area (Å²) in [4.78, 5) is 21.9. The van der Waals surface area contributed by atoms with Gasteiger partial charge in [-0.15, -0.1) is 0 Å². The van der Waals surface area contributed by atoms with Crippen LogP contribution in [0.5, 0.6) is 0 Å². The van der Waals surface area contributed by atoms with Gasteiger partial charge in [-0.3, -0.25) is 9.59 Å². The van der Waals surface area contributed by atoms with Crippen LogP contribution in [0.2, 0.25) is 0 Å². The number of carbonyl (C=O) groups excluding carboxylic acids is 2. The van der Waals surface area contributed by atoms with Crippen molar-refractivity contribution >= 4 is 57.1 Å². The standard InChI is InChI=1S/C12H20I2O4/c1-2-10(9-18-12(16)8-14)5-3-4-6-17-11(15)7-13/h10H,2-9H2,1H3. The zero-order valence-corrected chi connectivity index (χ0v) is 14.9. The van der Waals surface area contributed by atoms with E-state index in [-0.39, 0.29) is 11.9 Å². The average Bonchev–Trinajstić information content (AvgIpc) is 2.40. The third-order valence-electron chi connectivity index (χ3n) is 2.55. The Balaban J connectivity index is 3.55. The molecular formula is C12H20I2O4. The molecule has 0 saturated heterocycles. The van der Waals surface area contributed by atoms with Crippen LogP contribution in [0.4, 0.5) is 0 Å². The molecule has 1 atom stereocenters. The van der Waals surface area contributed by atoms with Gasteiger partial charge in [-0.05, 0) is 25.2 Å². The summed E-state index contributed by atoms with van der Waals surface area (Å²) in [6, 6.07) is 0. The Bertz CT molecular complexity index is 246. The minimum atomic E-state index is -0.154. The minimum Gasteiger partial charge on any atom is -0.465 e. The molecule has 0 fully saturated rings. The molecule has 0 aliphatic heterocycles. The van der Waals surface area contributed by atoms with E-state index in [4.69, 9.17) is 9.47 Å². The Morgan fingerprint density at radius 3 is 2.22 bits per heavy atom. The summed E-state index contributed by atoms with van der Waals surface area (Å²) in [5, 5.41) is 0. The molecule has 0 rings (SSSR count). The van der Waals surface area contributed by atoms with Crippen LogP contribution >= 0.6 is 45.2 Å². The topological polar surface area (TPSA) is 52.6 Å². The van der Waals surface area contributed by atoms with Gasteiger partial charge < -0.3 is 9.47 Å². The molecule has 6 heteroatoms. The van der Waals surface area contributed by atoms with Gasteiger partial charge in [-0.25, -0.2) is 0 Å². The Kier molecular flexibility index (Phi) is 12.7. The number of halogens is 2. The lowest BCUT2D eigenvalue weighted by molar-refractivity contribution is -0.142. The lowest BCUT2D eigenvalue weighted by Gasteiger charge is -2.14. The third kappa shape index (κ3) is 10.3. The van der Waals surface area contributed by atoms with Crippen LogP contribution in [0, 0.1) is 5.92 Å². The molecule has 18 heavy (non-hydrogen) atoms. The molecule has 4 nitrogen and oxygen atoms in total. The maximum atomic E-state index is 11.0. The summed E-state index contributed by atoms with van der Waals surface area (Å²) < 4.78 is 10.9. The maximum absolute atomic E-state index is 11.0. The molecule has 0 radical (unpaired) electrons. The zero-order chi connectivity index (χ0) is 13.8. The van der Waals surface area contributed by atoms with Crippen LogP contribution < -0.4 is 0 Å². The molecule has 0 N–H and O–H groups in total. The van der Waals surface area contributed by atoms with E-state index in [0.29, 0.717) is 28.0 Å². The first-order chi connectivity index (χ1) is 8.63. The number of carbonyl (C=O) groups is 2. The Morgan fingerprint density at radius 2 is 1.67 bits per heavy atom. The summed E-state index contributed by atoms with van der Waals surface area (Å²) in [6.45, 7) is 3.09. The van der Waals surface area contributed by atoms with Crippen molar-refractivity contribution in [3.8, 4) is 0 Å². The number of alkyl halides is 2. The Hall–Kier alpha value is 0.400. The summed E-state index contributed by atoms with van der Waals surface area (Å²) >= 11 is 3.99. The van der Waals surface area contributed by atoms with E-state index in [0.717, 1.165) is 25.7 Å². The largest absolute Gasteiger partial charge is 0.465 e. The first kappa shape index (κ1) is 18.4. The molecule has 0 aliphatic carbocycles. The van der Waals surface area contributed by atoms with Crippen LogP contribution in [0.25, 0.3) is 0 Å². The van der Waals surface area contributed by atoms with E-state index in [1.54, 1.807) is 0 Å². The average molecular weight is 482 g/mol. The zero-order valence-electron chi connectivity index (χ0n) is 10.6. The van der Waals surface area contributed by atoms with E-state index < -0.39 is 0 Å². The smallest absolute Gasteiger partial charge is 0.315 e. The fourth-order valence-corrected chi connectivity index (χ4v) is 1.85. The maximum Gasteiger partial charge on any atom is 0.315 e. The summed E-state index contributed by atoms with van der Waals surface area (Å²) in [6.07, 6.45) is 3.88. The van der Waals surface area contributed by atoms with Crippen LogP contribution in [-0.4, -0.2) is 34.0 Å². The second-order valence-electron chi connectivity index (χ2n) is 3.94. The van der Waals surface area contributed by atoms with Crippen LogP contribution in [-0.2, 0) is 19.1 Å². The van der Waals surface area contributed by atoms with E-state index in [1.807, 2.05) is 45.2 Å². The van der Waals surface area contributed by atoms with Gasteiger partial charge in [0.25, 0.3) is 0 Å². The highest BCUT2D eigenvalue weighted by Crippen LogP contribution is 2.13. The van der Waals surface area contributed by atoms with E-state index >= 15 is 0 Å². The normalized spacial score (nSPS) is 11.9. The summed E-state index contributed by atoms with van der Waals surface area (Å²) in [7, 11) is 0. The second-order valence-corrected chi connectivity index (χ2v) is 5.47. The van der Waals surface area contributed by atoms with Crippen molar-refractivity contribution in [3.63, 3.8) is 0 Å². The van der Waals surface area contributed by atoms with Crippen LogP contribution in [0.3, 0.4) is 0 Å². The number of rotatable bonds is 10. The van der Waals surface area contributed by atoms with Crippen LogP contribution in [0.1, 0.15) is 32.6 Å². The highest BCUT2D eigenvalue weighted by atomic mass is 127. The Morgan fingerprint density at radius 1 is 1.06 bits per heavy atom. The van der Waals surface area contributed by atoms with Gasteiger partial charge in [-0.1, -0.05) is 58.5 Å². The summed E-state index contributed by atoms with van der Waals surface area (Å²) in [5.41, 5.74) is 0. The minimum absolute atomic E-state index is 0.148. The molecule has 0 bridgehead atoms. The summed E-state index contributed by atoms with van der Waals surface area (Å²) in [5.74, 6) is 0.112.